The minimum absolute atomic E-state index is 0.221. The van der Waals surface area contributed by atoms with Crippen LogP contribution in [0.2, 0.25) is 0 Å². The molecule has 0 aromatic carbocycles. The number of nitrogens with one attached hydrogen (secondary N) is 1. The van der Waals surface area contributed by atoms with Gasteiger partial charge in [0.1, 0.15) is 12.2 Å². The van der Waals surface area contributed by atoms with Crippen molar-refractivity contribution >= 4 is 0 Å². The Labute approximate surface area is 114 Å². The molecule has 2 heterocycles. The number of hydrogen-bond acceptors (Lipinski definition) is 4. The van der Waals surface area contributed by atoms with Crippen molar-refractivity contribution < 1.29 is 4.42 Å². The van der Waals surface area contributed by atoms with Crippen LogP contribution in [-0.4, -0.2) is 21.3 Å². The van der Waals surface area contributed by atoms with Gasteiger partial charge < -0.3 is 9.73 Å². The lowest BCUT2D eigenvalue weighted by Crippen LogP contribution is -2.24. The summed E-state index contributed by atoms with van der Waals surface area (Å²) in [6, 6.07) is 2.22. The molecular formula is C14H22N4O. The van der Waals surface area contributed by atoms with Crippen LogP contribution in [0, 0.1) is 5.92 Å². The van der Waals surface area contributed by atoms with Gasteiger partial charge in [0.15, 0.2) is 0 Å². The van der Waals surface area contributed by atoms with Crippen LogP contribution in [0.4, 0.5) is 0 Å². The first kappa shape index (κ1) is 13.8. The van der Waals surface area contributed by atoms with Crippen LogP contribution in [-0.2, 0) is 13.0 Å². The topological polar surface area (TPSA) is 55.9 Å². The lowest BCUT2D eigenvalue weighted by Gasteiger charge is -2.16. The third kappa shape index (κ3) is 3.67. The molecule has 0 aliphatic rings. The normalized spacial score (nSPS) is 13.1. The summed E-state index contributed by atoms with van der Waals surface area (Å²) >= 11 is 0. The Morgan fingerprint density at radius 1 is 1.42 bits per heavy atom. The number of likely N-dealkylation sites (N-methyl/N-ethyl adjacent to an activating group) is 1. The van der Waals surface area contributed by atoms with Crippen LogP contribution in [0.5, 0.6) is 0 Å². The highest BCUT2D eigenvalue weighted by atomic mass is 16.3. The van der Waals surface area contributed by atoms with Gasteiger partial charge in [0.05, 0.1) is 12.5 Å². The standard InChI is InChI=1S/C14H22N4O/c1-4-15-13(12-5-6-19-9-12)7-14-16-10-17-18(14)8-11(2)3/h5-6,9-11,13,15H,4,7-8H2,1-3H3. The molecule has 0 saturated heterocycles. The molecule has 2 rings (SSSR count). The molecule has 2 aromatic heterocycles. The van der Waals surface area contributed by atoms with E-state index < -0.39 is 0 Å². The molecule has 104 valence electrons. The Morgan fingerprint density at radius 2 is 2.26 bits per heavy atom. The number of hydrogen-bond donors (Lipinski definition) is 1. The summed E-state index contributed by atoms with van der Waals surface area (Å²) < 4.78 is 7.17. The Kier molecular flexibility index (Phi) is 4.74. The molecule has 2 aromatic rings. The molecular weight excluding hydrogens is 240 g/mol. The molecule has 0 bridgehead atoms. The minimum Gasteiger partial charge on any atom is -0.472 e. The molecule has 0 saturated carbocycles. The second-order valence-electron chi connectivity index (χ2n) is 5.12. The van der Waals surface area contributed by atoms with Gasteiger partial charge in [-0.1, -0.05) is 20.8 Å². The molecule has 1 unspecified atom stereocenters. The molecule has 5 nitrogen and oxygen atoms in total. The van der Waals surface area contributed by atoms with Crippen molar-refractivity contribution in [3.63, 3.8) is 0 Å². The number of nitrogens with zero attached hydrogens (tertiary/aromatic N) is 3. The van der Waals surface area contributed by atoms with Crippen LogP contribution in [0.25, 0.3) is 0 Å². The van der Waals surface area contributed by atoms with E-state index in [2.05, 4.69) is 36.2 Å². The van der Waals surface area contributed by atoms with E-state index in [-0.39, 0.29) is 6.04 Å². The highest BCUT2D eigenvalue weighted by Crippen LogP contribution is 2.18. The van der Waals surface area contributed by atoms with E-state index in [0.29, 0.717) is 5.92 Å². The quantitative estimate of drug-likeness (QED) is 0.832. The summed E-state index contributed by atoms with van der Waals surface area (Å²) in [7, 11) is 0. The van der Waals surface area contributed by atoms with Gasteiger partial charge in [-0.15, -0.1) is 0 Å². The van der Waals surface area contributed by atoms with E-state index in [1.807, 2.05) is 10.7 Å². The van der Waals surface area contributed by atoms with Gasteiger partial charge in [-0.25, -0.2) is 9.67 Å². The second kappa shape index (κ2) is 6.52. The van der Waals surface area contributed by atoms with Crippen LogP contribution < -0.4 is 5.32 Å². The van der Waals surface area contributed by atoms with Crippen molar-refractivity contribution in [2.75, 3.05) is 6.54 Å². The molecule has 1 atom stereocenters. The smallest absolute Gasteiger partial charge is 0.138 e. The molecule has 19 heavy (non-hydrogen) atoms. The highest BCUT2D eigenvalue weighted by Gasteiger charge is 2.16. The predicted octanol–water partition coefficient (Wildman–Crippen LogP) is 2.42. The van der Waals surface area contributed by atoms with Gasteiger partial charge in [-0.2, -0.15) is 5.10 Å². The Bertz CT molecular complexity index is 475. The molecule has 0 spiro atoms. The van der Waals surface area contributed by atoms with Crippen molar-refractivity contribution in [2.24, 2.45) is 5.92 Å². The number of aromatic nitrogens is 3. The van der Waals surface area contributed by atoms with Crippen LogP contribution in [0.1, 0.15) is 38.2 Å². The SMILES string of the molecule is CCNC(Cc1ncnn1CC(C)C)c1ccoc1. The van der Waals surface area contributed by atoms with Crippen LogP contribution >= 0.6 is 0 Å². The summed E-state index contributed by atoms with van der Waals surface area (Å²) in [6.45, 7) is 8.28. The first-order valence-electron chi connectivity index (χ1n) is 6.82. The molecule has 1 N–H and O–H groups in total. The summed E-state index contributed by atoms with van der Waals surface area (Å²) in [5.74, 6) is 1.58. The summed E-state index contributed by atoms with van der Waals surface area (Å²) in [5.41, 5.74) is 1.15. The van der Waals surface area contributed by atoms with Crippen molar-refractivity contribution in [3.8, 4) is 0 Å². The largest absolute Gasteiger partial charge is 0.472 e. The number of furan rings is 1. The summed E-state index contributed by atoms with van der Waals surface area (Å²) in [6.07, 6.45) is 5.95. The van der Waals surface area contributed by atoms with Gasteiger partial charge in [0, 0.05) is 24.6 Å². The van der Waals surface area contributed by atoms with Crippen molar-refractivity contribution in [2.45, 2.75) is 39.8 Å². The van der Waals surface area contributed by atoms with Gasteiger partial charge in [0.2, 0.25) is 0 Å². The van der Waals surface area contributed by atoms with E-state index in [0.717, 1.165) is 30.9 Å². The van der Waals surface area contributed by atoms with E-state index in [1.54, 1.807) is 18.9 Å². The van der Waals surface area contributed by atoms with Crippen molar-refractivity contribution in [1.82, 2.24) is 20.1 Å². The fourth-order valence-electron chi connectivity index (χ4n) is 2.15. The maximum absolute atomic E-state index is 5.17. The van der Waals surface area contributed by atoms with Crippen molar-refractivity contribution in [3.05, 3.63) is 36.3 Å². The maximum Gasteiger partial charge on any atom is 0.138 e. The maximum atomic E-state index is 5.17. The zero-order chi connectivity index (χ0) is 13.7. The molecule has 0 aliphatic heterocycles. The van der Waals surface area contributed by atoms with E-state index in [1.165, 1.54) is 0 Å². The molecule has 0 fully saturated rings. The predicted molar refractivity (Wildman–Crippen MR) is 73.7 cm³/mol. The monoisotopic (exact) mass is 262 g/mol. The minimum atomic E-state index is 0.221. The lowest BCUT2D eigenvalue weighted by atomic mass is 10.1. The Balaban J connectivity index is 2.11. The second-order valence-corrected chi connectivity index (χ2v) is 5.12. The van der Waals surface area contributed by atoms with Crippen LogP contribution in [0.3, 0.4) is 0 Å². The Morgan fingerprint density at radius 3 is 2.89 bits per heavy atom. The van der Waals surface area contributed by atoms with Crippen LogP contribution in [0.15, 0.2) is 29.3 Å². The fraction of sp³-hybridized carbons (Fsp3) is 0.571. The van der Waals surface area contributed by atoms with Gasteiger partial charge in [-0.05, 0) is 18.5 Å². The van der Waals surface area contributed by atoms with Gasteiger partial charge in [0.25, 0.3) is 0 Å². The average molecular weight is 262 g/mol. The molecule has 5 heteroatoms. The Hall–Kier alpha value is -1.62. The average Bonchev–Trinajstić information content (AvgIpc) is 3.00. The van der Waals surface area contributed by atoms with Gasteiger partial charge >= 0.3 is 0 Å². The summed E-state index contributed by atoms with van der Waals surface area (Å²) in [4.78, 5) is 4.38. The van der Waals surface area contributed by atoms with Gasteiger partial charge in [-0.3, -0.25) is 0 Å². The zero-order valence-corrected chi connectivity index (χ0v) is 11.8. The van der Waals surface area contributed by atoms with E-state index >= 15 is 0 Å². The molecule has 0 amide bonds. The van der Waals surface area contributed by atoms with E-state index in [9.17, 15) is 0 Å². The zero-order valence-electron chi connectivity index (χ0n) is 11.8. The van der Waals surface area contributed by atoms with Crippen molar-refractivity contribution in [1.29, 1.82) is 0 Å². The third-order valence-corrected chi connectivity index (χ3v) is 3.02. The van der Waals surface area contributed by atoms with E-state index in [4.69, 9.17) is 4.42 Å². The summed E-state index contributed by atoms with van der Waals surface area (Å²) in [5, 5.41) is 7.77. The molecule has 0 aliphatic carbocycles. The lowest BCUT2D eigenvalue weighted by molar-refractivity contribution is 0.445. The first-order valence-corrected chi connectivity index (χ1v) is 6.82. The molecule has 0 radical (unpaired) electrons. The first-order chi connectivity index (χ1) is 9.20. The highest BCUT2D eigenvalue weighted by molar-refractivity contribution is 5.13. The number of rotatable bonds is 7. The fourth-order valence-corrected chi connectivity index (χ4v) is 2.15. The third-order valence-electron chi connectivity index (χ3n) is 3.02.